The molecule has 1 aliphatic rings. The molecule has 0 spiro atoms. The lowest BCUT2D eigenvalue weighted by molar-refractivity contribution is -0.384. The minimum Gasteiger partial charge on any atom is -0.391 e. The van der Waals surface area contributed by atoms with Crippen LogP contribution in [0.1, 0.15) is 38.3 Å². The third-order valence-electron chi connectivity index (χ3n) is 3.66. The second kappa shape index (κ2) is 5.56. The van der Waals surface area contributed by atoms with Gasteiger partial charge in [0, 0.05) is 7.05 Å². The zero-order valence-corrected chi connectivity index (χ0v) is 11.3. The van der Waals surface area contributed by atoms with E-state index in [1.54, 1.807) is 7.05 Å². The van der Waals surface area contributed by atoms with Crippen LogP contribution in [0, 0.1) is 10.1 Å². The molecule has 2 rings (SSSR count). The molecule has 2 atom stereocenters. The summed E-state index contributed by atoms with van der Waals surface area (Å²) in [4.78, 5) is 10.8. The zero-order valence-electron chi connectivity index (χ0n) is 11.3. The van der Waals surface area contributed by atoms with E-state index in [0.717, 1.165) is 25.7 Å². The molecular weight excluding hydrogens is 248 g/mol. The molecule has 7 nitrogen and oxygen atoms in total. The molecule has 1 aromatic rings. The van der Waals surface area contributed by atoms with Crippen LogP contribution >= 0.6 is 0 Å². The molecule has 1 saturated carbocycles. The van der Waals surface area contributed by atoms with Gasteiger partial charge in [-0.3, -0.25) is 10.1 Å². The second-order valence-electron chi connectivity index (χ2n) is 4.98. The number of nitrogens with one attached hydrogen (secondary N) is 1. The predicted molar refractivity (Wildman–Crippen MR) is 71.1 cm³/mol. The molecule has 0 aromatic carbocycles. The van der Waals surface area contributed by atoms with Gasteiger partial charge in [0.05, 0.1) is 17.1 Å². The standard InChI is InChI=1S/C12H20N4O3/c1-3-8-11(16(18)19)12(15(2)14-8)13-9-6-4-5-7-10(9)17/h9-10,13,17H,3-7H2,1-2H3. The van der Waals surface area contributed by atoms with Gasteiger partial charge in [-0.15, -0.1) is 0 Å². The number of anilines is 1. The first-order valence-electron chi connectivity index (χ1n) is 6.69. The maximum Gasteiger partial charge on any atom is 0.333 e. The topological polar surface area (TPSA) is 93.2 Å². The summed E-state index contributed by atoms with van der Waals surface area (Å²) in [6.45, 7) is 1.84. The number of aryl methyl sites for hydroxylation is 2. The summed E-state index contributed by atoms with van der Waals surface area (Å²) >= 11 is 0. The van der Waals surface area contributed by atoms with E-state index in [1.165, 1.54) is 4.68 Å². The van der Waals surface area contributed by atoms with Crippen molar-refractivity contribution in [3.8, 4) is 0 Å². The Morgan fingerprint density at radius 3 is 2.79 bits per heavy atom. The van der Waals surface area contributed by atoms with Gasteiger partial charge in [0.25, 0.3) is 0 Å². The summed E-state index contributed by atoms with van der Waals surface area (Å²) in [5.41, 5.74) is 0.503. The van der Waals surface area contributed by atoms with Crippen LogP contribution in [0.4, 0.5) is 11.5 Å². The van der Waals surface area contributed by atoms with E-state index >= 15 is 0 Å². The van der Waals surface area contributed by atoms with E-state index in [2.05, 4.69) is 10.4 Å². The molecule has 2 unspecified atom stereocenters. The van der Waals surface area contributed by atoms with Crippen LogP contribution in [-0.2, 0) is 13.5 Å². The molecule has 1 fully saturated rings. The van der Waals surface area contributed by atoms with Crippen LogP contribution < -0.4 is 5.32 Å². The Morgan fingerprint density at radius 1 is 1.53 bits per heavy atom. The summed E-state index contributed by atoms with van der Waals surface area (Å²) in [5.74, 6) is 0.396. The van der Waals surface area contributed by atoms with Crippen molar-refractivity contribution in [3.63, 3.8) is 0 Å². The number of aliphatic hydroxyl groups is 1. The maximum atomic E-state index is 11.2. The lowest BCUT2D eigenvalue weighted by Crippen LogP contribution is -2.37. The van der Waals surface area contributed by atoms with Crippen molar-refractivity contribution in [2.24, 2.45) is 7.05 Å². The van der Waals surface area contributed by atoms with E-state index in [-0.39, 0.29) is 11.7 Å². The number of aliphatic hydroxyl groups excluding tert-OH is 1. The van der Waals surface area contributed by atoms with Gasteiger partial charge in [0.2, 0.25) is 5.82 Å². The highest BCUT2D eigenvalue weighted by atomic mass is 16.6. The lowest BCUT2D eigenvalue weighted by Gasteiger charge is -2.28. The smallest absolute Gasteiger partial charge is 0.333 e. The summed E-state index contributed by atoms with van der Waals surface area (Å²) in [6, 6.07) is -0.132. The number of hydrogen-bond acceptors (Lipinski definition) is 5. The number of hydrogen-bond donors (Lipinski definition) is 2. The molecule has 2 N–H and O–H groups in total. The van der Waals surface area contributed by atoms with Crippen molar-refractivity contribution in [2.45, 2.75) is 51.2 Å². The molecule has 106 valence electrons. The lowest BCUT2D eigenvalue weighted by atomic mass is 9.92. The van der Waals surface area contributed by atoms with Crippen LogP contribution in [0.2, 0.25) is 0 Å². The van der Waals surface area contributed by atoms with Gasteiger partial charge in [-0.25, -0.2) is 4.68 Å². The van der Waals surface area contributed by atoms with E-state index in [4.69, 9.17) is 0 Å². The van der Waals surface area contributed by atoms with Gasteiger partial charge in [-0.1, -0.05) is 19.8 Å². The number of aromatic nitrogens is 2. The fraction of sp³-hybridized carbons (Fsp3) is 0.750. The Bertz CT molecular complexity index is 472. The van der Waals surface area contributed by atoms with Crippen molar-refractivity contribution >= 4 is 11.5 Å². The second-order valence-corrected chi connectivity index (χ2v) is 4.98. The third kappa shape index (κ3) is 2.70. The van der Waals surface area contributed by atoms with Crippen LogP contribution in [0.25, 0.3) is 0 Å². The quantitative estimate of drug-likeness (QED) is 0.639. The summed E-state index contributed by atoms with van der Waals surface area (Å²) in [5, 5.41) is 28.4. The van der Waals surface area contributed by atoms with Gasteiger partial charge in [0.1, 0.15) is 5.69 Å². The van der Waals surface area contributed by atoms with E-state index < -0.39 is 11.0 Å². The summed E-state index contributed by atoms with van der Waals surface area (Å²) < 4.78 is 1.50. The van der Waals surface area contributed by atoms with Gasteiger partial charge < -0.3 is 10.4 Å². The van der Waals surface area contributed by atoms with Crippen LogP contribution in [0.3, 0.4) is 0 Å². The average molecular weight is 268 g/mol. The molecule has 1 heterocycles. The zero-order chi connectivity index (χ0) is 14.0. The van der Waals surface area contributed by atoms with Crippen LogP contribution in [0.15, 0.2) is 0 Å². The molecule has 0 radical (unpaired) electrons. The van der Waals surface area contributed by atoms with E-state index in [1.807, 2.05) is 6.92 Å². The highest BCUT2D eigenvalue weighted by molar-refractivity contribution is 5.60. The Balaban J connectivity index is 2.28. The fourth-order valence-electron chi connectivity index (χ4n) is 2.62. The first kappa shape index (κ1) is 13.8. The van der Waals surface area contributed by atoms with Gasteiger partial charge in [-0.05, 0) is 19.3 Å². The maximum absolute atomic E-state index is 11.2. The first-order chi connectivity index (χ1) is 9.04. The highest BCUT2D eigenvalue weighted by Crippen LogP contribution is 2.31. The molecule has 0 amide bonds. The van der Waals surface area contributed by atoms with Gasteiger partial charge in [-0.2, -0.15) is 5.10 Å². The molecule has 19 heavy (non-hydrogen) atoms. The van der Waals surface area contributed by atoms with Crippen LogP contribution in [0.5, 0.6) is 0 Å². The molecule has 1 aliphatic carbocycles. The van der Waals surface area contributed by atoms with Crippen molar-refractivity contribution < 1.29 is 10.0 Å². The molecule has 7 heteroatoms. The Morgan fingerprint density at radius 2 is 2.21 bits per heavy atom. The molecular formula is C12H20N4O3. The van der Waals surface area contributed by atoms with Crippen molar-refractivity contribution in [1.29, 1.82) is 0 Å². The fourth-order valence-corrected chi connectivity index (χ4v) is 2.62. The number of nitro groups is 1. The number of nitrogens with zero attached hydrogens (tertiary/aromatic N) is 3. The first-order valence-corrected chi connectivity index (χ1v) is 6.69. The normalized spacial score (nSPS) is 23.3. The summed E-state index contributed by atoms with van der Waals surface area (Å²) in [6.07, 6.45) is 3.66. The monoisotopic (exact) mass is 268 g/mol. The summed E-state index contributed by atoms with van der Waals surface area (Å²) in [7, 11) is 1.68. The Labute approximate surface area is 111 Å². The van der Waals surface area contributed by atoms with Crippen molar-refractivity contribution in [3.05, 3.63) is 15.8 Å². The third-order valence-corrected chi connectivity index (χ3v) is 3.66. The van der Waals surface area contributed by atoms with E-state index in [0.29, 0.717) is 17.9 Å². The van der Waals surface area contributed by atoms with Crippen molar-refractivity contribution in [1.82, 2.24) is 9.78 Å². The predicted octanol–water partition coefficient (Wildman–Crippen LogP) is 1.61. The largest absolute Gasteiger partial charge is 0.391 e. The molecule has 0 saturated heterocycles. The molecule has 0 bridgehead atoms. The molecule has 0 aliphatic heterocycles. The van der Waals surface area contributed by atoms with Gasteiger partial charge in [0.15, 0.2) is 0 Å². The Kier molecular flexibility index (Phi) is 4.04. The minimum absolute atomic E-state index is 0.0303. The SMILES string of the molecule is CCc1nn(C)c(NC2CCCCC2O)c1[N+](=O)[O-]. The van der Waals surface area contributed by atoms with Gasteiger partial charge >= 0.3 is 5.69 Å². The highest BCUT2D eigenvalue weighted by Gasteiger charge is 2.30. The van der Waals surface area contributed by atoms with Crippen LogP contribution in [-0.4, -0.2) is 32.0 Å². The average Bonchev–Trinajstić information content (AvgIpc) is 2.69. The Hall–Kier alpha value is -1.63. The van der Waals surface area contributed by atoms with E-state index in [9.17, 15) is 15.2 Å². The molecule has 1 aromatic heterocycles. The number of rotatable bonds is 4. The minimum atomic E-state index is -0.451. The van der Waals surface area contributed by atoms with Crippen molar-refractivity contribution in [2.75, 3.05) is 5.32 Å².